The van der Waals surface area contributed by atoms with Gasteiger partial charge in [-0.25, -0.2) is 4.79 Å². The van der Waals surface area contributed by atoms with E-state index in [9.17, 15) is 19.5 Å². The van der Waals surface area contributed by atoms with E-state index < -0.39 is 17.6 Å². The van der Waals surface area contributed by atoms with E-state index in [1.807, 2.05) is 26.0 Å². The molecule has 0 spiro atoms. The minimum atomic E-state index is -0.648. The van der Waals surface area contributed by atoms with Gasteiger partial charge in [0.15, 0.2) is 5.69 Å². The van der Waals surface area contributed by atoms with Gasteiger partial charge in [-0.05, 0) is 76.0 Å². The van der Waals surface area contributed by atoms with Gasteiger partial charge in [-0.15, -0.1) is 0 Å². The number of amides is 3. The lowest BCUT2D eigenvalue weighted by Gasteiger charge is -2.34. The molecule has 0 bridgehead atoms. The Morgan fingerprint density at radius 1 is 1.12 bits per heavy atom. The summed E-state index contributed by atoms with van der Waals surface area (Å²) in [6.45, 7) is 10.5. The molecule has 2 aliphatic rings. The number of alkyl carbamates (subject to hydrolysis) is 1. The highest BCUT2D eigenvalue weighted by molar-refractivity contribution is 5.92. The van der Waals surface area contributed by atoms with Crippen molar-refractivity contribution in [1.29, 1.82) is 0 Å². The number of phenolic OH excluding ortho intramolecular Hbond substituents is 1. The molecule has 1 aromatic carbocycles. The van der Waals surface area contributed by atoms with Crippen LogP contribution in [-0.4, -0.2) is 64.3 Å². The van der Waals surface area contributed by atoms with Crippen molar-refractivity contribution in [2.24, 2.45) is 5.92 Å². The highest BCUT2D eigenvalue weighted by atomic mass is 16.6. The summed E-state index contributed by atoms with van der Waals surface area (Å²) in [5, 5.41) is 19.9. The van der Waals surface area contributed by atoms with E-state index >= 15 is 0 Å². The molecule has 0 radical (unpaired) electrons. The number of hydrogen-bond acceptors (Lipinski definition) is 7. The number of aromatic nitrogens is 1. The van der Waals surface area contributed by atoms with Crippen LogP contribution < -0.4 is 10.6 Å². The summed E-state index contributed by atoms with van der Waals surface area (Å²) in [5.41, 5.74) is 1.37. The van der Waals surface area contributed by atoms with Crippen LogP contribution >= 0.6 is 0 Å². The number of carbonyl (C=O) groups is 3. The molecule has 2 aromatic rings. The van der Waals surface area contributed by atoms with Gasteiger partial charge in [0.25, 0.3) is 5.91 Å². The van der Waals surface area contributed by atoms with E-state index in [4.69, 9.17) is 9.26 Å². The van der Waals surface area contributed by atoms with Crippen molar-refractivity contribution >= 4 is 17.9 Å². The first-order valence-corrected chi connectivity index (χ1v) is 14.2. The zero-order valence-electron chi connectivity index (χ0n) is 24.2. The molecule has 218 valence electrons. The molecule has 1 saturated heterocycles. The Morgan fingerprint density at radius 3 is 2.45 bits per heavy atom. The van der Waals surface area contributed by atoms with Crippen molar-refractivity contribution in [2.45, 2.75) is 90.2 Å². The predicted molar refractivity (Wildman–Crippen MR) is 149 cm³/mol. The third-order valence-corrected chi connectivity index (χ3v) is 7.32. The Bertz CT molecular complexity index is 1210. The van der Waals surface area contributed by atoms with Crippen LogP contribution in [0.25, 0.3) is 0 Å². The van der Waals surface area contributed by atoms with Crippen molar-refractivity contribution in [3.63, 3.8) is 0 Å². The molecular weight excluding hydrogens is 512 g/mol. The van der Waals surface area contributed by atoms with Crippen molar-refractivity contribution < 1.29 is 28.8 Å². The summed E-state index contributed by atoms with van der Waals surface area (Å²) in [6, 6.07) is 7.05. The quantitative estimate of drug-likeness (QED) is 0.416. The number of benzene rings is 1. The molecule has 10 heteroatoms. The maximum atomic E-state index is 13.7. The lowest BCUT2D eigenvalue weighted by atomic mass is 9.92. The number of carbonyl (C=O) groups excluding carboxylic acids is 3. The standard InChI is InChI=1S/C30H42N4O6/c1-18(2)23-15-19(6-9-25(23)35)14-21(17-31-29(38)39-30(3,4)5)28(37)34-12-10-22(11-13-34)32-27(36)24-16-26(40-33-24)20-7-8-20/h6,9,15-16,18,20-22,35H,7-8,10-14,17H2,1-5H3,(H,31,38)(H,32,36). The molecule has 3 N–H and O–H groups in total. The average molecular weight is 555 g/mol. The first-order chi connectivity index (χ1) is 18.9. The van der Waals surface area contributed by atoms with Gasteiger partial charge >= 0.3 is 6.09 Å². The number of ether oxygens (including phenoxy) is 1. The van der Waals surface area contributed by atoms with Gasteiger partial charge in [-0.1, -0.05) is 31.1 Å². The normalized spacial score (nSPS) is 17.0. The Hall–Kier alpha value is -3.56. The maximum absolute atomic E-state index is 13.7. The largest absolute Gasteiger partial charge is 0.508 e. The van der Waals surface area contributed by atoms with Crippen LogP contribution in [0.5, 0.6) is 5.75 Å². The molecular formula is C30H42N4O6. The Labute approximate surface area is 235 Å². The minimum Gasteiger partial charge on any atom is -0.508 e. The predicted octanol–water partition coefficient (Wildman–Crippen LogP) is 4.49. The third-order valence-electron chi connectivity index (χ3n) is 7.32. The number of phenols is 1. The topological polar surface area (TPSA) is 134 Å². The zero-order valence-corrected chi connectivity index (χ0v) is 24.2. The maximum Gasteiger partial charge on any atom is 0.407 e. The number of piperidine rings is 1. The molecule has 1 aliphatic carbocycles. The second-order valence-electron chi connectivity index (χ2n) is 12.3. The van der Waals surface area contributed by atoms with Crippen molar-refractivity contribution in [3.8, 4) is 5.75 Å². The van der Waals surface area contributed by atoms with E-state index in [0.29, 0.717) is 44.0 Å². The molecule has 2 fully saturated rings. The van der Waals surface area contributed by atoms with E-state index in [-0.39, 0.29) is 36.1 Å². The number of likely N-dealkylation sites (tertiary alicyclic amines) is 1. The third kappa shape index (κ3) is 7.99. The lowest BCUT2D eigenvalue weighted by molar-refractivity contribution is -0.136. The van der Waals surface area contributed by atoms with E-state index in [1.165, 1.54) is 0 Å². The molecule has 1 aliphatic heterocycles. The van der Waals surface area contributed by atoms with Gasteiger partial charge in [-0.2, -0.15) is 0 Å². The van der Waals surface area contributed by atoms with Gasteiger partial charge in [0.2, 0.25) is 5.91 Å². The lowest BCUT2D eigenvalue weighted by Crippen LogP contribution is -2.50. The molecule has 1 unspecified atom stereocenters. The van der Waals surface area contributed by atoms with Crippen molar-refractivity contribution in [2.75, 3.05) is 19.6 Å². The summed E-state index contributed by atoms with van der Waals surface area (Å²) in [4.78, 5) is 40.5. The Kier molecular flexibility index (Phi) is 9.05. The molecule has 1 atom stereocenters. The Morgan fingerprint density at radius 2 is 1.82 bits per heavy atom. The SMILES string of the molecule is CC(C)c1cc(CC(CNC(=O)OC(C)(C)C)C(=O)N2CCC(NC(=O)c3cc(C4CC4)on3)CC2)ccc1O. The monoisotopic (exact) mass is 554 g/mol. The van der Waals surface area contributed by atoms with Gasteiger partial charge in [-0.3, -0.25) is 9.59 Å². The number of rotatable bonds is 9. The van der Waals surface area contributed by atoms with E-state index in [0.717, 1.165) is 29.7 Å². The molecule has 3 amide bonds. The van der Waals surface area contributed by atoms with Crippen LogP contribution in [0.2, 0.25) is 0 Å². The first kappa shape index (κ1) is 29.4. The van der Waals surface area contributed by atoms with Gasteiger partial charge < -0.3 is 29.9 Å². The first-order valence-electron chi connectivity index (χ1n) is 14.2. The molecule has 10 nitrogen and oxygen atoms in total. The van der Waals surface area contributed by atoms with Crippen LogP contribution in [0, 0.1) is 5.92 Å². The number of aromatic hydroxyl groups is 1. The molecule has 2 heterocycles. The van der Waals surface area contributed by atoms with Crippen LogP contribution in [0.4, 0.5) is 4.79 Å². The summed E-state index contributed by atoms with van der Waals surface area (Å²) in [5.74, 6) is 0.677. The fraction of sp³-hybridized carbons (Fsp3) is 0.600. The van der Waals surface area contributed by atoms with Crippen LogP contribution in [0.15, 0.2) is 28.8 Å². The minimum absolute atomic E-state index is 0.0643. The van der Waals surface area contributed by atoms with E-state index in [2.05, 4.69) is 15.8 Å². The van der Waals surface area contributed by atoms with Crippen LogP contribution in [0.1, 0.15) is 99.5 Å². The summed E-state index contributed by atoms with van der Waals surface area (Å²) in [7, 11) is 0. The molecule has 4 rings (SSSR count). The molecule has 1 aromatic heterocycles. The van der Waals surface area contributed by atoms with Crippen molar-refractivity contribution in [1.82, 2.24) is 20.7 Å². The number of hydrogen-bond donors (Lipinski definition) is 3. The molecule has 1 saturated carbocycles. The fourth-order valence-electron chi connectivity index (χ4n) is 4.96. The van der Waals surface area contributed by atoms with Crippen LogP contribution in [0.3, 0.4) is 0 Å². The second kappa shape index (κ2) is 12.3. The highest BCUT2D eigenvalue weighted by Gasteiger charge is 2.32. The summed E-state index contributed by atoms with van der Waals surface area (Å²) >= 11 is 0. The smallest absolute Gasteiger partial charge is 0.407 e. The van der Waals surface area contributed by atoms with E-state index in [1.54, 1.807) is 37.8 Å². The van der Waals surface area contributed by atoms with Crippen molar-refractivity contribution in [3.05, 3.63) is 46.8 Å². The Balaban J connectivity index is 1.37. The number of nitrogens with one attached hydrogen (secondary N) is 2. The van der Waals surface area contributed by atoms with Gasteiger partial charge in [0.05, 0.1) is 5.92 Å². The average Bonchev–Trinajstić information content (AvgIpc) is 3.62. The highest BCUT2D eigenvalue weighted by Crippen LogP contribution is 2.40. The van der Waals surface area contributed by atoms with Crippen LogP contribution in [-0.2, 0) is 16.0 Å². The van der Waals surface area contributed by atoms with Gasteiger partial charge in [0, 0.05) is 37.7 Å². The second-order valence-corrected chi connectivity index (χ2v) is 12.3. The summed E-state index contributed by atoms with van der Waals surface area (Å²) in [6.07, 6.45) is 3.21. The number of nitrogens with zero attached hydrogens (tertiary/aromatic N) is 2. The molecule has 40 heavy (non-hydrogen) atoms. The summed E-state index contributed by atoms with van der Waals surface area (Å²) < 4.78 is 10.7. The fourth-order valence-corrected chi connectivity index (χ4v) is 4.96. The zero-order chi connectivity index (χ0) is 29.0. The van der Waals surface area contributed by atoms with Gasteiger partial charge in [0.1, 0.15) is 17.1 Å².